The van der Waals surface area contributed by atoms with Gasteiger partial charge in [-0.2, -0.15) is 0 Å². The Balaban J connectivity index is 1.36. The van der Waals surface area contributed by atoms with Crippen molar-refractivity contribution in [1.29, 1.82) is 0 Å². The molecule has 0 radical (unpaired) electrons. The molecule has 2 aromatic rings. The van der Waals surface area contributed by atoms with Gasteiger partial charge in [0.1, 0.15) is 6.67 Å². The molecule has 4 aliphatic carbocycles. The van der Waals surface area contributed by atoms with Crippen molar-refractivity contribution < 1.29 is 19.2 Å². The van der Waals surface area contributed by atoms with Gasteiger partial charge in [-0.25, -0.2) is 0 Å². The maximum atomic E-state index is 13.5. The summed E-state index contributed by atoms with van der Waals surface area (Å²) in [7, 11) is 0. The molecule has 2 bridgehead atoms. The van der Waals surface area contributed by atoms with E-state index in [0.717, 1.165) is 6.42 Å². The lowest BCUT2D eigenvalue weighted by Crippen LogP contribution is -2.45. The predicted molar refractivity (Wildman–Crippen MR) is 121 cm³/mol. The van der Waals surface area contributed by atoms with Crippen LogP contribution in [0.15, 0.2) is 66.7 Å². The number of allylic oxidation sites excluding steroid dienone is 2. The summed E-state index contributed by atoms with van der Waals surface area (Å²) in [5.74, 6) is -0.120. The molecule has 0 unspecified atom stereocenters. The molecule has 3 fully saturated rings. The molecule has 7 rings (SSSR count). The van der Waals surface area contributed by atoms with Gasteiger partial charge < -0.3 is 0 Å². The van der Waals surface area contributed by atoms with Gasteiger partial charge in [-0.05, 0) is 61.3 Å². The fourth-order valence-corrected chi connectivity index (χ4v) is 6.19. The number of carbonyl (C=O) groups is 4. The van der Waals surface area contributed by atoms with Crippen molar-refractivity contribution >= 4 is 29.2 Å². The van der Waals surface area contributed by atoms with Crippen LogP contribution in [0, 0.1) is 35.5 Å². The van der Waals surface area contributed by atoms with Crippen molar-refractivity contribution in [3.8, 4) is 0 Å². The summed E-state index contributed by atoms with van der Waals surface area (Å²) in [4.78, 5) is 55.2. The van der Waals surface area contributed by atoms with Crippen LogP contribution in [0.5, 0.6) is 0 Å². The lowest BCUT2D eigenvalue weighted by molar-refractivity contribution is -0.140. The van der Waals surface area contributed by atoms with Gasteiger partial charge in [0, 0.05) is 16.8 Å². The van der Waals surface area contributed by atoms with Gasteiger partial charge in [0.2, 0.25) is 11.8 Å². The van der Waals surface area contributed by atoms with Gasteiger partial charge >= 0.3 is 0 Å². The smallest absolute Gasteiger partial charge is 0.259 e. The molecule has 1 heterocycles. The lowest BCUT2D eigenvalue weighted by Gasteiger charge is -2.37. The SMILES string of the molecule is CC(=O)c1cccc(N(CN2C(=O)[C@H]3[C@@H]4C=C[C@H]([C@@H]5C[C@H]45)[C@@H]3C2=O)C(=O)c2ccccc2)c1. The van der Waals surface area contributed by atoms with Crippen LogP contribution in [0.25, 0.3) is 0 Å². The minimum atomic E-state index is -0.323. The molecule has 1 saturated heterocycles. The highest BCUT2D eigenvalue weighted by atomic mass is 16.2. The van der Waals surface area contributed by atoms with Gasteiger partial charge in [0.15, 0.2) is 5.78 Å². The Morgan fingerprint density at radius 1 is 0.879 bits per heavy atom. The molecule has 33 heavy (non-hydrogen) atoms. The Labute approximate surface area is 191 Å². The number of anilines is 1. The highest BCUT2D eigenvalue weighted by Gasteiger charge is 2.67. The molecule has 0 aromatic heterocycles. The van der Waals surface area contributed by atoms with Crippen LogP contribution in [-0.4, -0.2) is 35.1 Å². The minimum Gasteiger partial charge on any atom is -0.295 e. The first-order chi connectivity index (χ1) is 16.0. The number of benzene rings is 2. The average molecular weight is 440 g/mol. The Bertz CT molecular complexity index is 1180. The second-order valence-electron chi connectivity index (χ2n) is 9.61. The molecule has 166 valence electrons. The molecular formula is C27H24N2O4. The first-order valence-electron chi connectivity index (χ1n) is 11.5. The Kier molecular flexibility index (Phi) is 4.41. The van der Waals surface area contributed by atoms with Gasteiger partial charge in [-0.15, -0.1) is 0 Å². The normalized spacial score (nSPS) is 30.8. The third kappa shape index (κ3) is 3.00. The first kappa shape index (κ1) is 20.1. The zero-order valence-electron chi connectivity index (χ0n) is 18.3. The molecule has 2 saturated carbocycles. The van der Waals surface area contributed by atoms with Gasteiger partial charge in [0.25, 0.3) is 5.91 Å². The maximum absolute atomic E-state index is 13.5. The van der Waals surface area contributed by atoms with E-state index in [1.165, 1.54) is 16.7 Å². The molecule has 6 heteroatoms. The molecule has 5 aliphatic rings. The fraction of sp³-hybridized carbons (Fsp3) is 0.333. The van der Waals surface area contributed by atoms with E-state index in [0.29, 0.717) is 28.7 Å². The third-order valence-electron chi connectivity index (χ3n) is 7.87. The van der Waals surface area contributed by atoms with E-state index >= 15 is 0 Å². The quantitative estimate of drug-likeness (QED) is 0.405. The monoisotopic (exact) mass is 440 g/mol. The Morgan fingerprint density at radius 3 is 2.09 bits per heavy atom. The van der Waals surface area contributed by atoms with Crippen molar-refractivity contribution in [2.24, 2.45) is 35.5 Å². The van der Waals surface area contributed by atoms with Crippen LogP contribution in [0.4, 0.5) is 5.69 Å². The topological polar surface area (TPSA) is 74.8 Å². The van der Waals surface area contributed by atoms with Crippen molar-refractivity contribution in [3.63, 3.8) is 0 Å². The highest BCUT2D eigenvalue weighted by Crippen LogP contribution is 2.65. The Morgan fingerprint density at radius 2 is 1.48 bits per heavy atom. The standard InChI is InChI=1S/C27H24N2O4/c1-15(30)17-8-5-9-18(12-17)28(25(31)16-6-3-2-4-7-16)14-29-26(32)23-19-10-11-20(22-13-21(19)22)24(23)27(29)33/h2-12,19-24H,13-14H2,1H3/t19-,20-,21-,22+,23+,24+/m1/s1. The number of likely N-dealkylation sites (tertiary alicyclic amines) is 1. The zero-order valence-corrected chi connectivity index (χ0v) is 18.3. The summed E-state index contributed by atoms with van der Waals surface area (Å²) in [6.07, 6.45) is 5.38. The van der Waals surface area contributed by atoms with E-state index in [4.69, 9.17) is 0 Å². The van der Waals surface area contributed by atoms with Crippen LogP contribution < -0.4 is 4.90 Å². The second-order valence-corrected chi connectivity index (χ2v) is 9.61. The summed E-state index contributed by atoms with van der Waals surface area (Å²) >= 11 is 0. The molecule has 3 amide bonds. The summed E-state index contributed by atoms with van der Waals surface area (Å²) in [5, 5.41) is 0. The minimum absolute atomic E-state index is 0.120. The van der Waals surface area contributed by atoms with Crippen molar-refractivity contribution in [1.82, 2.24) is 4.90 Å². The number of rotatable bonds is 5. The number of hydrogen-bond donors (Lipinski definition) is 0. The molecule has 6 nitrogen and oxygen atoms in total. The van der Waals surface area contributed by atoms with Crippen LogP contribution in [0.1, 0.15) is 34.1 Å². The van der Waals surface area contributed by atoms with Gasteiger partial charge in [0.05, 0.1) is 11.8 Å². The van der Waals surface area contributed by atoms with Crippen LogP contribution in [-0.2, 0) is 9.59 Å². The molecule has 2 aromatic carbocycles. The number of Topliss-reactive ketones (excluding diaryl/α,β-unsaturated/α-hetero) is 1. The van der Waals surface area contributed by atoms with E-state index in [1.54, 1.807) is 48.5 Å². The summed E-state index contributed by atoms with van der Waals surface area (Å²) in [6, 6.07) is 15.5. The largest absolute Gasteiger partial charge is 0.295 e. The summed E-state index contributed by atoms with van der Waals surface area (Å²) in [5.41, 5.74) is 1.40. The summed E-state index contributed by atoms with van der Waals surface area (Å²) in [6.45, 7) is 1.31. The maximum Gasteiger partial charge on any atom is 0.259 e. The number of imide groups is 1. The molecule has 0 spiro atoms. The van der Waals surface area contributed by atoms with Crippen LogP contribution in [0.2, 0.25) is 0 Å². The number of nitrogens with zero attached hydrogens (tertiary/aromatic N) is 2. The number of amides is 3. The lowest BCUT2D eigenvalue weighted by atomic mass is 9.63. The number of ketones is 1. The first-order valence-corrected chi connectivity index (χ1v) is 11.5. The number of hydrogen-bond acceptors (Lipinski definition) is 4. The van der Waals surface area contributed by atoms with E-state index in [1.807, 2.05) is 6.07 Å². The average Bonchev–Trinajstić information content (AvgIpc) is 3.62. The molecular weight excluding hydrogens is 416 g/mol. The zero-order chi connectivity index (χ0) is 22.9. The summed E-state index contributed by atoms with van der Waals surface area (Å²) < 4.78 is 0. The molecule has 6 atom stereocenters. The molecule has 1 aliphatic heterocycles. The van der Waals surface area contributed by atoms with Crippen molar-refractivity contribution in [2.75, 3.05) is 11.6 Å². The number of carbonyl (C=O) groups excluding carboxylic acids is 4. The van der Waals surface area contributed by atoms with Crippen molar-refractivity contribution in [3.05, 3.63) is 77.9 Å². The van der Waals surface area contributed by atoms with Gasteiger partial charge in [-0.1, -0.05) is 42.5 Å². The van der Waals surface area contributed by atoms with Crippen LogP contribution in [0.3, 0.4) is 0 Å². The predicted octanol–water partition coefficient (Wildman–Crippen LogP) is 3.55. The highest BCUT2D eigenvalue weighted by molar-refractivity contribution is 6.10. The second kappa shape index (κ2) is 7.24. The van der Waals surface area contributed by atoms with Crippen molar-refractivity contribution in [2.45, 2.75) is 13.3 Å². The Hall–Kier alpha value is -3.54. The van der Waals surface area contributed by atoms with E-state index in [9.17, 15) is 19.2 Å². The van der Waals surface area contributed by atoms with Gasteiger partial charge in [-0.3, -0.25) is 29.0 Å². The third-order valence-corrected chi connectivity index (χ3v) is 7.87. The van der Waals surface area contributed by atoms with Crippen LogP contribution >= 0.6 is 0 Å². The molecule has 0 N–H and O–H groups in total. The van der Waals surface area contributed by atoms with E-state index < -0.39 is 0 Å². The van der Waals surface area contributed by atoms with E-state index in [-0.39, 0.29) is 53.8 Å². The van der Waals surface area contributed by atoms with E-state index in [2.05, 4.69) is 12.2 Å². The fourth-order valence-electron chi connectivity index (χ4n) is 6.19.